The number of rotatable bonds is 1. The summed E-state index contributed by atoms with van der Waals surface area (Å²) in [6.07, 6.45) is 0. The Morgan fingerprint density at radius 3 is 3.00 bits per heavy atom. The fraction of sp³-hybridized carbons (Fsp3) is 0.125. The molecule has 1 aliphatic rings. The first-order chi connectivity index (χ1) is 5.83. The summed E-state index contributed by atoms with van der Waals surface area (Å²) in [5.74, 6) is -0.129. The van der Waals surface area contributed by atoms with Crippen molar-refractivity contribution in [2.75, 3.05) is 0 Å². The van der Waals surface area contributed by atoms with Gasteiger partial charge in [0.2, 0.25) is 0 Å². The van der Waals surface area contributed by atoms with Crippen LogP contribution in [0.2, 0.25) is 0 Å². The monoisotopic (exact) mass is 162 g/mol. The van der Waals surface area contributed by atoms with Crippen molar-refractivity contribution in [2.45, 2.75) is 6.54 Å². The summed E-state index contributed by atoms with van der Waals surface area (Å²) in [4.78, 5) is 21.4. The van der Waals surface area contributed by atoms with Gasteiger partial charge in [0, 0.05) is 17.7 Å². The number of nitrogens with zero attached hydrogens (tertiary/aromatic N) is 1. The molecule has 1 aliphatic heterocycles. The van der Waals surface area contributed by atoms with Gasteiger partial charge in [-0.3, -0.25) is 4.79 Å². The average molecular weight is 162 g/mol. The minimum absolute atomic E-state index is 0.129. The summed E-state index contributed by atoms with van der Waals surface area (Å²) in [5.41, 5.74) is 1.62. The van der Waals surface area contributed by atoms with E-state index in [2.05, 4.69) is 10.5 Å². The van der Waals surface area contributed by atoms with E-state index >= 15 is 0 Å². The molecule has 0 bridgehead atoms. The number of carbonyl (C=O) groups excluding carboxylic acids is 1. The first-order valence-corrected chi connectivity index (χ1v) is 3.56. The van der Waals surface area contributed by atoms with E-state index < -0.39 is 0 Å². The van der Waals surface area contributed by atoms with E-state index in [0.717, 1.165) is 0 Å². The van der Waals surface area contributed by atoms with Gasteiger partial charge >= 0.3 is 0 Å². The van der Waals surface area contributed by atoms with Crippen LogP contribution >= 0.6 is 0 Å². The zero-order valence-electron chi connectivity index (χ0n) is 6.20. The second kappa shape index (κ2) is 2.41. The lowest BCUT2D eigenvalue weighted by atomic mass is 10.1. The van der Waals surface area contributed by atoms with E-state index in [1.54, 1.807) is 18.2 Å². The molecular weight excluding hydrogens is 156 g/mol. The largest absolute Gasteiger partial charge is 0.348 e. The van der Waals surface area contributed by atoms with Crippen LogP contribution < -0.4 is 5.32 Å². The zero-order chi connectivity index (χ0) is 8.55. The maximum atomic E-state index is 11.1. The molecule has 0 fully saturated rings. The van der Waals surface area contributed by atoms with Crippen molar-refractivity contribution in [3.8, 4) is 0 Å². The molecule has 4 nitrogen and oxygen atoms in total. The molecule has 0 atom stereocenters. The smallest absolute Gasteiger partial charge is 0.251 e. The number of hydrogen-bond donors (Lipinski definition) is 1. The fourth-order valence-electron chi connectivity index (χ4n) is 1.32. The molecular formula is C8H6N2O2. The van der Waals surface area contributed by atoms with Crippen LogP contribution in [0, 0.1) is 4.91 Å². The van der Waals surface area contributed by atoms with Crippen LogP contribution in [-0.2, 0) is 6.54 Å². The summed E-state index contributed by atoms with van der Waals surface area (Å²) < 4.78 is 0. The predicted octanol–water partition coefficient (Wildman–Crippen LogP) is 1.33. The minimum atomic E-state index is -0.129. The second-order valence-electron chi connectivity index (χ2n) is 2.58. The minimum Gasteiger partial charge on any atom is -0.348 e. The van der Waals surface area contributed by atoms with Crippen LogP contribution in [-0.4, -0.2) is 5.91 Å². The third-order valence-corrected chi connectivity index (χ3v) is 1.92. The van der Waals surface area contributed by atoms with E-state index in [4.69, 9.17) is 0 Å². The summed E-state index contributed by atoms with van der Waals surface area (Å²) in [6, 6.07) is 4.94. The SMILES string of the molecule is O=Nc1cccc2c1CNC2=O. The lowest BCUT2D eigenvalue weighted by Gasteiger charge is -1.95. The maximum Gasteiger partial charge on any atom is 0.251 e. The van der Waals surface area contributed by atoms with Crippen molar-refractivity contribution in [2.24, 2.45) is 5.18 Å². The molecule has 60 valence electrons. The number of carbonyl (C=O) groups is 1. The third kappa shape index (κ3) is 0.812. The third-order valence-electron chi connectivity index (χ3n) is 1.92. The highest BCUT2D eigenvalue weighted by atomic mass is 16.3. The number of hydrogen-bond acceptors (Lipinski definition) is 3. The fourth-order valence-corrected chi connectivity index (χ4v) is 1.32. The van der Waals surface area contributed by atoms with Crippen LogP contribution in [0.25, 0.3) is 0 Å². The molecule has 0 spiro atoms. The normalized spacial score (nSPS) is 13.8. The van der Waals surface area contributed by atoms with Gasteiger partial charge in [0.25, 0.3) is 5.91 Å². The molecule has 1 heterocycles. The van der Waals surface area contributed by atoms with Gasteiger partial charge in [0.05, 0.1) is 0 Å². The highest BCUT2D eigenvalue weighted by Gasteiger charge is 2.21. The van der Waals surface area contributed by atoms with Gasteiger partial charge in [-0.2, -0.15) is 0 Å². The van der Waals surface area contributed by atoms with E-state index in [0.29, 0.717) is 23.4 Å². The molecule has 1 N–H and O–H groups in total. The predicted molar refractivity (Wildman–Crippen MR) is 43.1 cm³/mol. The van der Waals surface area contributed by atoms with E-state index in [1.807, 2.05) is 0 Å². The second-order valence-corrected chi connectivity index (χ2v) is 2.58. The van der Waals surface area contributed by atoms with Crippen LogP contribution in [0.5, 0.6) is 0 Å². The van der Waals surface area contributed by atoms with Crippen molar-refractivity contribution in [3.05, 3.63) is 34.2 Å². The Kier molecular flexibility index (Phi) is 1.40. The Balaban J connectivity index is 2.65. The Labute approximate surface area is 68.6 Å². The Hall–Kier alpha value is -1.71. The lowest BCUT2D eigenvalue weighted by Crippen LogP contribution is -2.12. The zero-order valence-corrected chi connectivity index (χ0v) is 6.20. The summed E-state index contributed by atoms with van der Waals surface area (Å²) in [5, 5.41) is 5.46. The summed E-state index contributed by atoms with van der Waals surface area (Å²) in [7, 11) is 0. The standard InChI is InChI=1S/C8H6N2O2/c11-8-5-2-1-3-7(10-12)6(5)4-9-8/h1-3H,4H2,(H,9,11). The van der Waals surface area contributed by atoms with E-state index in [1.165, 1.54) is 0 Å². The molecule has 0 saturated carbocycles. The van der Waals surface area contributed by atoms with Crippen LogP contribution in [0.3, 0.4) is 0 Å². The molecule has 1 aromatic rings. The summed E-state index contributed by atoms with van der Waals surface area (Å²) in [6.45, 7) is 0.413. The molecule has 0 radical (unpaired) electrons. The van der Waals surface area contributed by atoms with Gasteiger partial charge in [-0.25, -0.2) is 0 Å². The van der Waals surface area contributed by atoms with Gasteiger partial charge in [0.1, 0.15) is 5.69 Å². The molecule has 0 aliphatic carbocycles. The van der Waals surface area contributed by atoms with Gasteiger partial charge in [0.15, 0.2) is 0 Å². The molecule has 1 amide bonds. The van der Waals surface area contributed by atoms with Gasteiger partial charge in [-0.15, -0.1) is 4.91 Å². The van der Waals surface area contributed by atoms with Crippen molar-refractivity contribution >= 4 is 11.6 Å². The molecule has 0 aromatic heterocycles. The lowest BCUT2D eigenvalue weighted by molar-refractivity contribution is 0.0966. The van der Waals surface area contributed by atoms with Gasteiger partial charge in [-0.05, 0) is 17.3 Å². The van der Waals surface area contributed by atoms with Crippen molar-refractivity contribution in [1.82, 2.24) is 5.32 Å². The number of fused-ring (bicyclic) bond motifs is 1. The van der Waals surface area contributed by atoms with E-state index in [9.17, 15) is 9.70 Å². The van der Waals surface area contributed by atoms with Crippen molar-refractivity contribution < 1.29 is 4.79 Å². The number of benzene rings is 1. The van der Waals surface area contributed by atoms with Crippen molar-refractivity contribution in [3.63, 3.8) is 0 Å². The van der Waals surface area contributed by atoms with Gasteiger partial charge in [-0.1, -0.05) is 6.07 Å². The first kappa shape index (κ1) is 6.97. The first-order valence-electron chi connectivity index (χ1n) is 3.56. The molecule has 1 aromatic carbocycles. The topological polar surface area (TPSA) is 58.5 Å². The Morgan fingerprint density at radius 2 is 2.25 bits per heavy atom. The van der Waals surface area contributed by atoms with Crippen LogP contribution in [0.4, 0.5) is 5.69 Å². The highest BCUT2D eigenvalue weighted by molar-refractivity contribution is 5.99. The molecule has 0 saturated heterocycles. The van der Waals surface area contributed by atoms with E-state index in [-0.39, 0.29) is 5.91 Å². The quantitative estimate of drug-likeness (QED) is 0.633. The molecule has 0 unspecified atom stereocenters. The molecule has 12 heavy (non-hydrogen) atoms. The number of amides is 1. The van der Waals surface area contributed by atoms with Gasteiger partial charge < -0.3 is 5.32 Å². The number of nitrogens with one attached hydrogen (secondary N) is 1. The Morgan fingerprint density at radius 1 is 1.42 bits per heavy atom. The molecule has 2 rings (SSSR count). The Bertz CT molecular complexity index is 360. The van der Waals surface area contributed by atoms with Crippen LogP contribution in [0.1, 0.15) is 15.9 Å². The maximum absolute atomic E-state index is 11.1. The van der Waals surface area contributed by atoms with Crippen molar-refractivity contribution in [1.29, 1.82) is 0 Å². The average Bonchev–Trinajstić information content (AvgIpc) is 2.48. The number of nitroso groups, excluding NO2 is 1. The highest BCUT2D eigenvalue weighted by Crippen LogP contribution is 2.25. The van der Waals surface area contributed by atoms with Crippen LogP contribution in [0.15, 0.2) is 23.4 Å². The summed E-state index contributed by atoms with van der Waals surface area (Å²) >= 11 is 0. The molecule has 4 heteroatoms.